The van der Waals surface area contributed by atoms with Gasteiger partial charge in [-0.05, 0) is 19.1 Å². The van der Waals surface area contributed by atoms with Gasteiger partial charge in [0, 0.05) is 11.8 Å². The molecule has 0 aliphatic heterocycles. The van der Waals surface area contributed by atoms with Crippen molar-refractivity contribution in [1.82, 2.24) is 4.98 Å². The molecule has 1 aromatic rings. The minimum Gasteiger partial charge on any atom is -0.374 e. The first kappa shape index (κ1) is 15.2. The molecule has 8 heteroatoms. The maximum Gasteiger partial charge on any atom is 0.534 e. The summed E-state index contributed by atoms with van der Waals surface area (Å²) in [4.78, 5) is 3.79. The van der Waals surface area contributed by atoms with Gasteiger partial charge in [-0.3, -0.25) is 4.98 Å². The zero-order valence-electron chi connectivity index (χ0n) is 9.81. The summed E-state index contributed by atoms with van der Waals surface area (Å²) in [5.41, 5.74) is -5.18. The third-order valence-corrected chi connectivity index (χ3v) is 3.00. The van der Waals surface area contributed by atoms with Gasteiger partial charge >= 0.3 is 15.6 Å². The SMILES string of the molecule is C=Cc1cccnc1/C(=C\C)OS(=O)(=O)C(F)(F)F. The van der Waals surface area contributed by atoms with Crippen molar-refractivity contribution in [3.05, 3.63) is 42.2 Å². The van der Waals surface area contributed by atoms with Crippen LogP contribution in [0.3, 0.4) is 0 Å². The minimum atomic E-state index is -5.72. The summed E-state index contributed by atoms with van der Waals surface area (Å²) >= 11 is 0. The molecular formula is C11H10F3NO3S. The first-order valence-electron chi connectivity index (χ1n) is 4.98. The highest BCUT2D eigenvalue weighted by atomic mass is 32.2. The number of hydrogen-bond donors (Lipinski definition) is 0. The van der Waals surface area contributed by atoms with Gasteiger partial charge in [0.1, 0.15) is 5.69 Å². The molecule has 0 aliphatic rings. The molecule has 4 nitrogen and oxygen atoms in total. The number of rotatable bonds is 4. The van der Waals surface area contributed by atoms with Crippen LogP contribution in [0, 0.1) is 0 Å². The van der Waals surface area contributed by atoms with Crippen molar-refractivity contribution in [3.8, 4) is 0 Å². The highest BCUT2D eigenvalue weighted by Gasteiger charge is 2.49. The topological polar surface area (TPSA) is 56.3 Å². The summed E-state index contributed by atoms with van der Waals surface area (Å²) in [5.74, 6) is -0.507. The fraction of sp³-hybridized carbons (Fsp3) is 0.182. The molecule has 1 aromatic heterocycles. The van der Waals surface area contributed by atoms with E-state index in [9.17, 15) is 21.6 Å². The molecule has 0 saturated carbocycles. The molecule has 0 spiro atoms. The van der Waals surface area contributed by atoms with E-state index < -0.39 is 21.4 Å². The van der Waals surface area contributed by atoms with Crippen LogP contribution in [0.1, 0.15) is 18.2 Å². The molecule has 1 heterocycles. The number of aromatic nitrogens is 1. The first-order valence-corrected chi connectivity index (χ1v) is 6.38. The molecule has 1 rings (SSSR count). The van der Waals surface area contributed by atoms with Crippen LogP contribution in [-0.4, -0.2) is 18.9 Å². The Bertz CT molecular complexity index is 606. The van der Waals surface area contributed by atoms with Crippen LogP contribution >= 0.6 is 0 Å². The number of halogens is 3. The molecule has 104 valence electrons. The normalized spacial score (nSPS) is 13.2. The second kappa shape index (κ2) is 5.43. The lowest BCUT2D eigenvalue weighted by Crippen LogP contribution is -2.25. The van der Waals surface area contributed by atoms with Crippen LogP contribution in [0.15, 0.2) is 31.0 Å². The van der Waals surface area contributed by atoms with Crippen LogP contribution in [0.4, 0.5) is 13.2 Å². The van der Waals surface area contributed by atoms with Gasteiger partial charge in [-0.2, -0.15) is 21.6 Å². The van der Waals surface area contributed by atoms with Crippen molar-refractivity contribution in [2.45, 2.75) is 12.4 Å². The van der Waals surface area contributed by atoms with Gasteiger partial charge in [-0.25, -0.2) is 0 Å². The van der Waals surface area contributed by atoms with Crippen molar-refractivity contribution >= 4 is 22.0 Å². The molecule has 0 amide bonds. The highest BCUT2D eigenvalue weighted by molar-refractivity contribution is 7.87. The van der Waals surface area contributed by atoms with E-state index in [0.29, 0.717) is 5.56 Å². The first-order chi connectivity index (χ1) is 8.73. The molecule has 0 bridgehead atoms. The molecule has 0 saturated heterocycles. The van der Waals surface area contributed by atoms with Crippen LogP contribution in [0.25, 0.3) is 11.8 Å². The van der Waals surface area contributed by atoms with E-state index in [4.69, 9.17) is 0 Å². The van der Waals surface area contributed by atoms with Gasteiger partial charge in [0.2, 0.25) is 0 Å². The van der Waals surface area contributed by atoms with E-state index in [1.165, 1.54) is 31.3 Å². The van der Waals surface area contributed by atoms with E-state index in [0.717, 1.165) is 6.08 Å². The minimum absolute atomic E-state index is 0.0344. The summed E-state index contributed by atoms with van der Waals surface area (Å²) in [7, 11) is -5.72. The second-order valence-electron chi connectivity index (χ2n) is 3.28. The zero-order chi connectivity index (χ0) is 14.7. The molecule has 0 unspecified atom stereocenters. The fourth-order valence-electron chi connectivity index (χ4n) is 1.18. The van der Waals surface area contributed by atoms with Crippen LogP contribution in [0.2, 0.25) is 0 Å². The largest absolute Gasteiger partial charge is 0.534 e. The van der Waals surface area contributed by atoms with Crippen LogP contribution < -0.4 is 0 Å². The second-order valence-corrected chi connectivity index (χ2v) is 4.82. The summed E-state index contributed by atoms with van der Waals surface area (Å²) < 4.78 is 62.7. The molecule has 0 fully saturated rings. The lowest BCUT2D eigenvalue weighted by atomic mass is 10.1. The van der Waals surface area contributed by atoms with Crippen LogP contribution in [0.5, 0.6) is 0 Å². The maximum absolute atomic E-state index is 12.2. The van der Waals surface area contributed by atoms with Crippen molar-refractivity contribution in [1.29, 1.82) is 0 Å². The zero-order valence-corrected chi connectivity index (χ0v) is 10.6. The average molecular weight is 293 g/mol. The van der Waals surface area contributed by atoms with Crippen LogP contribution in [-0.2, 0) is 14.3 Å². The van der Waals surface area contributed by atoms with E-state index >= 15 is 0 Å². The number of allylic oxidation sites excluding steroid dienone is 1. The molecule has 0 N–H and O–H groups in total. The summed E-state index contributed by atoms with van der Waals surface area (Å²) in [6.45, 7) is 4.80. The highest BCUT2D eigenvalue weighted by Crippen LogP contribution is 2.30. The quantitative estimate of drug-likeness (QED) is 0.486. The Morgan fingerprint density at radius 1 is 1.47 bits per heavy atom. The molecule has 0 aromatic carbocycles. The van der Waals surface area contributed by atoms with Gasteiger partial charge in [0.05, 0.1) is 0 Å². The lowest BCUT2D eigenvalue weighted by molar-refractivity contribution is -0.0509. The number of pyridine rings is 1. The van der Waals surface area contributed by atoms with Gasteiger partial charge in [0.25, 0.3) is 0 Å². The standard InChI is InChI=1S/C11H10F3NO3S/c1-3-8-6-5-7-15-10(8)9(4-2)18-19(16,17)11(12,13)14/h3-7H,1H2,2H3/b9-4+. The Labute approximate surface area is 108 Å². The molecule has 0 aliphatic carbocycles. The van der Waals surface area contributed by atoms with E-state index in [1.807, 2.05) is 0 Å². The van der Waals surface area contributed by atoms with Gasteiger partial charge < -0.3 is 4.18 Å². The molecular weight excluding hydrogens is 283 g/mol. The predicted octanol–water partition coefficient (Wildman–Crippen LogP) is 2.95. The van der Waals surface area contributed by atoms with Gasteiger partial charge in [-0.1, -0.05) is 18.7 Å². The lowest BCUT2D eigenvalue weighted by Gasteiger charge is -2.13. The fourth-order valence-corrected chi connectivity index (χ4v) is 1.68. The van der Waals surface area contributed by atoms with Crippen molar-refractivity contribution in [2.24, 2.45) is 0 Å². The summed E-state index contributed by atoms with van der Waals surface area (Å²) in [5, 5.41) is 0. The van der Waals surface area contributed by atoms with Crippen molar-refractivity contribution in [2.75, 3.05) is 0 Å². The molecule has 0 atom stereocenters. The number of nitrogens with zero attached hydrogens (tertiary/aromatic N) is 1. The van der Waals surface area contributed by atoms with E-state index in [2.05, 4.69) is 15.7 Å². The smallest absolute Gasteiger partial charge is 0.374 e. The Kier molecular flexibility index (Phi) is 4.35. The molecule has 19 heavy (non-hydrogen) atoms. The third kappa shape index (κ3) is 3.34. The Hall–Kier alpha value is -1.83. The maximum atomic E-state index is 12.2. The van der Waals surface area contributed by atoms with Gasteiger partial charge in [0.15, 0.2) is 5.76 Å². The Morgan fingerprint density at radius 3 is 2.58 bits per heavy atom. The third-order valence-electron chi connectivity index (χ3n) is 2.04. The Balaban J connectivity index is 3.22. The average Bonchev–Trinajstić information content (AvgIpc) is 2.34. The van der Waals surface area contributed by atoms with Crippen molar-refractivity contribution in [3.63, 3.8) is 0 Å². The number of alkyl halides is 3. The number of hydrogen-bond acceptors (Lipinski definition) is 4. The summed E-state index contributed by atoms with van der Waals surface area (Å²) in [6.07, 6.45) is 3.71. The summed E-state index contributed by atoms with van der Waals surface area (Å²) in [6, 6.07) is 3.05. The van der Waals surface area contributed by atoms with Gasteiger partial charge in [-0.15, -0.1) is 0 Å². The predicted molar refractivity (Wildman–Crippen MR) is 64.0 cm³/mol. The van der Waals surface area contributed by atoms with E-state index in [-0.39, 0.29) is 5.69 Å². The Morgan fingerprint density at radius 2 is 2.11 bits per heavy atom. The molecule has 0 radical (unpaired) electrons. The van der Waals surface area contributed by atoms with E-state index in [1.54, 1.807) is 0 Å². The van der Waals surface area contributed by atoms with Crippen molar-refractivity contribution < 1.29 is 25.8 Å². The monoisotopic (exact) mass is 293 g/mol.